The second kappa shape index (κ2) is 8.44. The first kappa shape index (κ1) is 18.7. The van der Waals surface area contributed by atoms with Gasteiger partial charge in [0.2, 0.25) is 0 Å². The Balaban J connectivity index is 0.00000109. The zero-order valence-corrected chi connectivity index (χ0v) is 14.7. The Morgan fingerprint density at radius 2 is 2.24 bits per heavy atom. The molecule has 3 rings (SSSR count). The fourth-order valence-corrected chi connectivity index (χ4v) is 2.78. The van der Waals surface area contributed by atoms with Crippen molar-refractivity contribution in [3.8, 4) is 6.57 Å². The van der Waals surface area contributed by atoms with Gasteiger partial charge in [-0.15, -0.1) is 0 Å². The van der Waals surface area contributed by atoms with Crippen LogP contribution in [0.4, 0.5) is 5.82 Å². The van der Waals surface area contributed by atoms with Gasteiger partial charge in [0.15, 0.2) is 5.82 Å². The molecule has 0 amide bonds. The van der Waals surface area contributed by atoms with Crippen molar-refractivity contribution >= 4 is 17.3 Å². The molecule has 2 atom stereocenters. The molecule has 0 spiro atoms. The first-order valence-electron chi connectivity index (χ1n) is 8.18. The fourth-order valence-electron chi connectivity index (χ4n) is 2.78. The van der Waals surface area contributed by atoms with Crippen LogP contribution < -0.4 is 5.32 Å². The lowest BCUT2D eigenvalue weighted by Crippen LogP contribution is -2.21. The normalized spacial score (nSPS) is 19.4. The summed E-state index contributed by atoms with van der Waals surface area (Å²) < 4.78 is 13.2. The number of anilines is 1. The number of hydrogen-bond donors (Lipinski definition) is 1. The second-order valence-electron chi connectivity index (χ2n) is 6.02. The number of hydrogen-bond acceptors (Lipinski definition) is 7. The van der Waals surface area contributed by atoms with Gasteiger partial charge in [-0.25, -0.2) is 14.8 Å². The molecule has 2 aromatic heterocycles. The standard InChI is InChI=1S/C16H22N4O3.CHN/c1-10(2)16(21)22-8-11-4-7-14(23-11)12-5-6-13-15(17-3)18-9-19-20(12)13;1-2/h5-6,9-11,14H,4,7-8H2,1-3H3,(H,17,18,19);1H. The van der Waals surface area contributed by atoms with Crippen molar-refractivity contribution in [3.63, 3.8) is 0 Å². The number of rotatable bonds is 5. The molecule has 1 saturated heterocycles. The summed E-state index contributed by atoms with van der Waals surface area (Å²) in [5.41, 5.74) is 1.92. The number of esters is 1. The van der Waals surface area contributed by atoms with Crippen molar-refractivity contribution in [2.45, 2.75) is 38.9 Å². The van der Waals surface area contributed by atoms with E-state index < -0.39 is 0 Å². The molecule has 0 aliphatic carbocycles. The lowest BCUT2D eigenvalue weighted by Gasteiger charge is -2.15. The molecule has 1 N–H and O–H groups in total. The number of nitriles is 1. The van der Waals surface area contributed by atoms with E-state index in [0.717, 1.165) is 29.9 Å². The Morgan fingerprint density at radius 1 is 1.48 bits per heavy atom. The van der Waals surface area contributed by atoms with E-state index in [1.165, 1.54) is 6.33 Å². The van der Waals surface area contributed by atoms with Crippen molar-refractivity contribution in [1.82, 2.24) is 14.6 Å². The Hall–Kier alpha value is -2.66. The molecule has 1 aliphatic rings. The second-order valence-corrected chi connectivity index (χ2v) is 6.02. The van der Waals surface area contributed by atoms with E-state index in [1.54, 1.807) is 0 Å². The number of nitrogens with zero attached hydrogens (tertiary/aromatic N) is 4. The number of nitrogens with one attached hydrogen (secondary N) is 1. The Kier molecular flexibility index (Phi) is 6.31. The van der Waals surface area contributed by atoms with Gasteiger partial charge in [0.1, 0.15) is 24.6 Å². The number of fused-ring (bicyclic) bond motifs is 1. The average Bonchev–Trinajstić information content (AvgIpc) is 3.27. The first-order chi connectivity index (χ1) is 12.1. The number of aromatic nitrogens is 3. The molecule has 1 fully saturated rings. The van der Waals surface area contributed by atoms with Crippen LogP contribution in [-0.2, 0) is 14.3 Å². The largest absolute Gasteiger partial charge is 0.463 e. The van der Waals surface area contributed by atoms with Gasteiger partial charge in [0.25, 0.3) is 0 Å². The van der Waals surface area contributed by atoms with Gasteiger partial charge in [-0.2, -0.15) is 5.10 Å². The van der Waals surface area contributed by atoms with Crippen LogP contribution in [0.25, 0.3) is 5.52 Å². The van der Waals surface area contributed by atoms with Crippen LogP contribution in [0.5, 0.6) is 0 Å². The molecule has 2 aromatic rings. The lowest BCUT2D eigenvalue weighted by atomic mass is 10.1. The molecule has 8 heteroatoms. The summed E-state index contributed by atoms with van der Waals surface area (Å²) in [5, 5.41) is 13.9. The SMILES string of the molecule is C#N.CNc1ncnn2c(C3CCC(COC(=O)C(C)C)O3)ccc12. The van der Waals surface area contributed by atoms with Gasteiger partial charge in [0, 0.05) is 13.6 Å². The van der Waals surface area contributed by atoms with Crippen molar-refractivity contribution in [3.05, 3.63) is 24.2 Å². The van der Waals surface area contributed by atoms with Gasteiger partial charge < -0.3 is 14.8 Å². The van der Waals surface area contributed by atoms with E-state index in [9.17, 15) is 4.79 Å². The van der Waals surface area contributed by atoms with Gasteiger partial charge in [-0.3, -0.25) is 4.79 Å². The van der Waals surface area contributed by atoms with Crippen molar-refractivity contribution in [2.75, 3.05) is 19.0 Å². The molecule has 3 heterocycles. The third-order valence-corrected chi connectivity index (χ3v) is 4.04. The Morgan fingerprint density at radius 3 is 2.92 bits per heavy atom. The number of carbonyl (C=O) groups is 1. The Labute approximate surface area is 146 Å². The molecule has 134 valence electrons. The fraction of sp³-hybridized carbons (Fsp3) is 0.529. The smallest absolute Gasteiger partial charge is 0.308 e. The summed E-state index contributed by atoms with van der Waals surface area (Å²) in [6, 6.07) is 3.99. The van der Waals surface area contributed by atoms with Crippen LogP contribution in [0, 0.1) is 17.8 Å². The highest BCUT2D eigenvalue weighted by atomic mass is 16.6. The van der Waals surface area contributed by atoms with Crippen molar-refractivity contribution < 1.29 is 14.3 Å². The van der Waals surface area contributed by atoms with E-state index in [0.29, 0.717) is 6.61 Å². The van der Waals surface area contributed by atoms with E-state index in [2.05, 4.69) is 22.0 Å². The summed E-state index contributed by atoms with van der Waals surface area (Å²) in [4.78, 5) is 15.8. The maximum atomic E-state index is 11.5. The average molecular weight is 345 g/mol. The maximum absolute atomic E-state index is 11.5. The van der Waals surface area contributed by atoms with E-state index in [1.807, 2.05) is 37.5 Å². The predicted molar refractivity (Wildman–Crippen MR) is 91.8 cm³/mol. The van der Waals surface area contributed by atoms with Crippen molar-refractivity contribution in [2.24, 2.45) is 5.92 Å². The van der Waals surface area contributed by atoms with Crippen LogP contribution in [0.2, 0.25) is 0 Å². The minimum Gasteiger partial charge on any atom is -0.463 e. The predicted octanol–water partition coefficient (Wildman–Crippen LogP) is 2.33. The molecular weight excluding hydrogens is 322 g/mol. The monoisotopic (exact) mass is 345 g/mol. The highest BCUT2D eigenvalue weighted by molar-refractivity contribution is 5.71. The summed E-state index contributed by atoms with van der Waals surface area (Å²) in [6.07, 6.45) is 3.18. The van der Waals surface area contributed by atoms with Crippen LogP contribution in [-0.4, -0.2) is 40.3 Å². The molecule has 0 aromatic carbocycles. The third-order valence-electron chi connectivity index (χ3n) is 4.04. The van der Waals surface area contributed by atoms with E-state index in [-0.39, 0.29) is 24.1 Å². The van der Waals surface area contributed by atoms with Crippen LogP contribution in [0.3, 0.4) is 0 Å². The van der Waals surface area contributed by atoms with Gasteiger partial charge in [0.05, 0.1) is 17.7 Å². The Bertz CT molecular complexity index is 740. The first-order valence-corrected chi connectivity index (χ1v) is 8.18. The molecule has 2 unspecified atom stereocenters. The molecule has 0 saturated carbocycles. The lowest BCUT2D eigenvalue weighted by molar-refractivity contribution is -0.151. The summed E-state index contributed by atoms with van der Waals surface area (Å²) >= 11 is 0. The van der Waals surface area contributed by atoms with Crippen LogP contribution in [0.1, 0.15) is 38.5 Å². The molecule has 1 aliphatic heterocycles. The molecular formula is C17H23N5O3. The van der Waals surface area contributed by atoms with E-state index in [4.69, 9.17) is 14.7 Å². The molecule has 25 heavy (non-hydrogen) atoms. The number of ether oxygens (including phenoxy) is 2. The zero-order chi connectivity index (χ0) is 18.4. The molecule has 0 radical (unpaired) electrons. The topological polar surface area (TPSA) is 102 Å². The molecule has 0 bridgehead atoms. The third kappa shape index (κ3) is 4.06. The van der Waals surface area contributed by atoms with E-state index >= 15 is 0 Å². The summed E-state index contributed by atoms with van der Waals surface area (Å²) in [5.74, 6) is 0.488. The quantitative estimate of drug-likeness (QED) is 0.830. The highest BCUT2D eigenvalue weighted by Crippen LogP contribution is 2.34. The van der Waals surface area contributed by atoms with Crippen LogP contribution in [0.15, 0.2) is 18.5 Å². The van der Waals surface area contributed by atoms with Gasteiger partial charge in [-0.05, 0) is 25.0 Å². The van der Waals surface area contributed by atoms with Crippen LogP contribution >= 0.6 is 0 Å². The summed E-state index contributed by atoms with van der Waals surface area (Å²) in [6.45, 7) is 7.46. The minimum absolute atomic E-state index is 0.0418. The summed E-state index contributed by atoms with van der Waals surface area (Å²) in [7, 11) is 1.83. The molecule has 8 nitrogen and oxygen atoms in total. The highest BCUT2D eigenvalue weighted by Gasteiger charge is 2.30. The van der Waals surface area contributed by atoms with Gasteiger partial charge in [-0.1, -0.05) is 13.8 Å². The van der Waals surface area contributed by atoms with Crippen molar-refractivity contribution in [1.29, 1.82) is 5.26 Å². The maximum Gasteiger partial charge on any atom is 0.308 e. The minimum atomic E-state index is -0.184. The van der Waals surface area contributed by atoms with Gasteiger partial charge >= 0.3 is 5.97 Å². The zero-order valence-electron chi connectivity index (χ0n) is 14.7. The number of carbonyl (C=O) groups excluding carboxylic acids is 1.